The largest absolute Gasteiger partial charge is 0.508 e. The van der Waals surface area contributed by atoms with Crippen LogP contribution < -0.4 is 0 Å². The Morgan fingerprint density at radius 1 is 1.53 bits per heavy atom. The summed E-state index contributed by atoms with van der Waals surface area (Å²) in [7, 11) is 0. The van der Waals surface area contributed by atoms with Gasteiger partial charge in [-0.1, -0.05) is 6.92 Å². The monoisotopic (exact) mass is 212 g/mol. The average Bonchev–Trinajstić information content (AvgIpc) is 2.14. The molecule has 15 heavy (non-hydrogen) atoms. The lowest BCUT2D eigenvalue weighted by Crippen LogP contribution is -2.10. The minimum Gasteiger partial charge on any atom is -0.508 e. The fourth-order valence-corrected chi connectivity index (χ4v) is 1.44. The van der Waals surface area contributed by atoms with E-state index in [0.29, 0.717) is 12.0 Å². The summed E-state index contributed by atoms with van der Waals surface area (Å²) in [6.45, 7) is 3.14. The van der Waals surface area contributed by atoms with E-state index in [1.807, 2.05) is 0 Å². The van der Waals surface area contributed by atoms with E-state index in [1.165, 1.54) is 13.0 Å². The summed E-state index contributed by atoms with van der Waals surface area (Å²) in [6.07, 6.45) is 0.358. The number of hydrogen-bond acceptors (Lipinski definition) is 2. The maximum absolute atomic E-state index is 13.2. The molecule has 1 rings (SSSR count). The molecule has 1 atom stereocenters. The van der Waals surface area contributed by atoms with Gasteiger partial charge in [0, 0.05) is 5.56 Å². The molecule has 0 aliphatic heterocycles. The van der Waals surface area contributed by atoms with Gasteiger partial charge in [-0.2, -0.15) is 0 Å². The van der Waals surface area contributed by atoms with Gasteiger partial charge >= 0.3 is 5.97 Å². The molecule has 0 fully saturated rings. The van der Waals surface area contributed by atoms with Gasteiger partial charge in [0.25, 0.3) is 0 Å². The molecule has 4 heteroatoms. The zero-order chi connectivity index (χ0) is 11.6. The SMILES string of the molecule is CCC(C(=O)O)c1cc(O)c(C)c(F)c1. The van der Waals surface area contributed by atoms with Crippen LogP contribution in [0.3, 0.4) is 0 Å². The second-order valence-corrected chi connectivity index (χ2v) is 3.45. The molecule has 0 amide bonds. The number of benzene rings is 1. The number of phenolic OH excluding ortho intramolecular Hbond substituents is 1. The van der Waals surface area contributed by atoms with Gasteiger partial charge in [-0.15, -0.1) is 0 Å². The Morgan fingerprint density at radius 3 is 2.53 bits per heavy atom. The lowest BCUT2D eigenvalue weighted by atomic mass is 9.95. The molecule has 0 saturated heterocycles. The Labute approximate surface area is 87.2 Å². The molecule has 0 radical (unpaired) electrons. The number of carboxylic acids is 1. The van der Waals surface area contributed by atoms with Crippen LogP contribution in [-0.2, 0) is 4.79 Å². The highest BCUT2D eigenvalue weighted by Crippen LogP contribution is 2.27. The summed E-state index contributed by atoms with van der Waals surface area (Å²) in [6, 6.07) is 2.47. The van der Waals surface area contributed by atoms with Crippen molar-refractivity contribution < 1.29 is 19.4 Å². The number of rotatable bonds is 3. The smallest absolute Gasteiger partial charge is 0.310 e. The second-order valence-electron chi connectivity index (χ2n) is 3.45. The van der Waals surface area contributed by atoms with Crippen LogP contribution in [0, 0.1) is 12.7 Å². The number of aliphatic carboxylic acids is 1. The molecule has 0 saturated carbocycles. The van der Waals surface area contributed by atoms with Gasteiger partial charge in [0.15, 0.2) is 0 Å². The van der Waals surface area contributed by atoms with Gasteiger partial charge in [-0.25, -0.2) is 4.39 Å². The summed E-state index contributed by atoms with van der Waals surface area (Å²) in [5.74, 6) is -2.57. The average molecular weight is 212 g/mol. The molecular weight excluding hydrogens is 199 g/mol. The zero-order valence-corrected chi connectivity index (χ0v) is 8.62. The third kappa shape index (κ3) is 2.26. The summed E-state index contributed by atoms with van der Waals surface area (Å²) < 4.78 is 13.2. The third-order valence-corrected chi connectivity index (χ3v) is 2.45. The summed E-state index contributed by atoms with van der Waals surface area (Å²) in [4.78, 5) is 10.8. The molecule has 0 aliphatic carbocycles. The molecule has 1 unspecified atom stereocenters. The van der Waals surface area contributed by atoms with Crippen molar-refractivity contribution in [3.8, 4) is 5.75 Å². The predicted octanol–water partition coefficient (Wildman–Crippen LogP) is 2.42. The van der Waals surface area contributed by atoms with Gasteiger partial charge in [0.2, 0.25) is 0 Å². The molecular formula is C11H13FO3. The van der Waals surface area contributed by atoms with Gasteiger partial charge in [0.05, 0.1) is 5.92 Å². The summed E-state index contributed by atoms with van der Waals surface area (Å²) in [5.41, 5.74) is 0.435. The summed E-state index contributed by atoms with van der Waals surface area (Å²) >= 11 is 0. The molecule has 3 nitrogen and oxygen atoms in total. The predicted molar refractivity (Wildman–Crippen MR) is 53.5 cm³/mol. The van der Waals surface area contributed by atoms with E-state index < -0.39 is 17.7 Å². The van der Waals surface area contributed by atoms with Crippen molar-refractivity contribution in [3.63, 3.8) is 0 Å². The quantitative estimate of drug-likeness (QED) is 0.808. The molecule has 1 aromatic carbocycles. The van der Waals surface area contributed by atoms with Gasteiger partial charge in [-0.3, -0.25) is 4.79 Å². The Kier molecular flexibility index (Phi) is 3.29. The van der Waals surface area contributed by atoms with Gasteiger partial charge in [-0.05, 0) is 31.0 Å². The van der Waals surface area contributed by atoms with Crippen LogP contribution in [0.5, 0.6) is 5.75 Å². The Bertz CT molecular complexity index is 364. The first-order chi connectivity index (χ1) is 6.97. The highest BCUT2D eigenvalue weighted by atomic mass is 19.1. The molecule has 2 N–H and O–H groups in total. The summed E-state index contributed by atoms with van der Waals surface area (Å²) in [5, 5.41) is 18.2. The van der Waals surface area contributed by atoms with Crippen LogP contribution in [0.2, 0.25) is 0 Å². The maximum atomic E-state index is 13.2. The van der Waals surface area contributed by atoms with Crippen molar-refractivity contribution in [3.05, 3.63) is 29.1 Å². The molecule has 1 aromatic rings. The van der Waals surface area contributed by atoms with Crippen LogP contribution in [0.4, 0.5) is 4.39 Å². The molecule has 0 bridgehead atoms. The first kappa shape index (κ1) is 11.5. The number of carbonyl (C=O) groups is 1. The number of hydrogen-bond donors (Lipinski definition) is 2. The van der Waals surface area contributed by atoms with E-state index in [4.69, 9.17) is 5.11 Å². The molecule has 0 spiro atoms. The molecule has 82 valence electrons. The van der Waals surface area contributed by atoms with Crippen molar-refractivity contribution in [2.24, 2.45) is 0 Å². The van der Waals surface area contributed by atoms with E-state index in [1.54, 1.807) is 6.92 Å². The van der Waals surface area contributed by atoms with Crippen molar-refractivity contribution in [2.75, 3.05) is 0 Å². The van der Waals surface area contributed by atoms with Crippen LogP contribution in [-0.4, -0.2) is 16.2 Å². The second kappa shape index (κ2) is 4.29. The van der Waals surface area contributed by atoms with Crippen molar-refractivity contribution in [1.29, 1.82) is 0 Å². The Hall–Kier alpha value is -1.58. The zero-order valence-electron chi connectivity index (χ0n) is 8.62. The van der Waals surface area contributed by atoms with Crippen LogP contribution in [0.15, 0.2) is 12.1 Å². The van der Waals surface area contributed by atoms with E-state index in [-0.39, 0.29) is 11.3 Å². The highest BCUT2D eigenvalue weighted by molar-refractivity contribution is 5.76. The van der Waals surface area contributed by atoms with Gasteiger partial charge in [0.1, 0.15) is 11.6 Å². The lowest BCUT2D eigenvalue weighted by molar-refractivity contribution is -0.138. The fraction of sp³-hybridized carbons (Fsp3) is 0.364. The van der Waals surface area contributed by atoms with Crippen LogP contribution in [0.25, 0.3) is 0 Å². The first-order valence-corrected chi connectivity index (χ1v) is 4.69. The molecule has 0 aliphatic rings. The number of carboxylic acid groups (broad SMARTS) is 1. The Morgan fingerprint density at radius 2 is 2.13 bits per heavy atom. The van der Waals surface area contributed by atoms with E-state index in [9.17, 15) is 14.3 Å². The normalized spacial score (nSPS) is 12.5. The molecule has 0 aromatic heterocycles. The van der Waals surface area contributed by atoms with Crippen LogP contribution in [0.1, 0.15) is 30.4 Å². The number of phenols is 1. The third-order valence-electron chi connectivity index (χ3n) is 2.45. The van der Waals surface area contributed by atoms with Crippen molar-refractivity contribution >= 4 is 5.97 Å². The number of aromatic hydroxyl groups is 1. The first-order valence-electron chi connectivity index (χ1n) is 4.69. The van der Waals surface area contributed by atoms with Gasteiger partial charge < -0.3 is 10.2 Å². The maximum Gasteiger partial charge on any atom is 0.310 e. The van der Waals surface area contributed by atoms with E-state index in [2.05, 4.69) is 0 Å². The van der Waals surface area contributed by atoms with Crippen LogP contribution >= 0.6 is 0 Å². The molecule has 0 heterocycles. The Balaban J connectivity index is 3.20. The van der Waals surface area contributed by atoms with E-state index in [0.717, 1.165) is 6.07 Å². The van der Waals surface area contributed by atoms with Crippen molar-refractivity contribution in [2.45, 2.75) is 26.2 Å². The minimum atomic E-state index is -1.01. The fourth-order valence-electron chi connectivity index (χ4n) is 1.44. The lowest BCUT2D eigenvalue weighted by Gasteiger charge is -2.11. The topological polar surface area (TPSA) is 57.5 Å². The number of halogens is 1. The standard InChI is InChI=1S/C11H13FO3/c1-3-8(11(14)15)7-4-9(12)6(2)10(13)5-7/h4-5,8,13H,3H2,1-2H3,(H,14,15). The van der Waals surface area contributed by atoms with E-state index >= 15 is 0 Å². The minimum absolute atomic E-state index is 0.138. The van der Waals surface area contributed by atoms with Crippen molar-refractivity contribution in [1.82, 2.24) is 0 Å². The highest BCUT2D eigenvalue weighted by Gasteiger charge is 2.19.